The highest BCUT2D eigenvalue weighted by molar-refractivity contribution is 5.16. The molecule has 0 nitrogen and oxygen atoms in total. The Balaban J connectivity index is 2.50. The van der Waals surface area contributed by atoms with Gasteiger partial charge in [0.05, 0.1) is 0 Å². The first-order valence-corrected chi connectivity index (χ1v) is 5.68. The number of unbranched alkanes of at least 4 members (excludes halogenated alkanes) is 1. The predicted octanol–water partition coefficient (Wildman–Crippen LogP) is 4.45. The molecule has 1 aromatic carbocycles. The quantitative estimate of drug-likeness (QED) is 0.643. The van der Waals surface area contributed by atoms with Crippen LogP contribution in [0.25, 0.3) is 0 Å². The summed E-state index contributed by atoms with van der Waals surface area (Å²) in [6.45, 7) is 7.00. The maximum absolute atomic E-state index is 2.37. The highest BCUT2D eigenvalue weighted by Crippen LogP contribution is 2.27. The van der Waals surface area contributed by atoms with E-state index in [0.717, 1.165) is 0 Å². The van der Waals surface area contributed by atoms with Gasteiger partial charge in [-0.3, -0.25) is 0 Å². The largest absolute Gasteiger partial charge is 0.0654 e. The van der Waals surface area contributed by atoms with Gasteiger partial charge in [-0.05, 0) is 23.8 Å². The number of hydrogen-bond donors (Lipinski definition) is 0. The van der Waals surface area contributed by atoms with Crippen molar-refractivity contribution in [3.05, 3.63) is 35.9 Å². The summed E-state index contributed by atoms with van der Waals surface area (Å²) in [5, 5.41) is 0. The summed E-state index contributed by atoms with van der Waals surface area (Å²) in [5.74, 6) is 0. The second-order valence-electron chi connectivity index (χ2n) is 4.93. The van der Waals surface area contributed by atoms with Gasteiger partial charge in [-0.2, -0.15) is 0 Å². The number of benzene rings is 1. The molecule has 78 valence electrons. The summed E-state index contributed by atoms with van der Waals surface area (Å²) in [6, 6.07) is 10.8. The van der Waals surface area contributed by atoms with Crippen molar-refractivity contribution in [2.24, 2.45) is 5.41 Å². The van der Waals surface area contributed by atoms with E-state index in [-0.39, 0.29) is 0 Å². The maximum atomic E-state index is 2.37. The third-order valence-electron chi connectivity index (χ3n) is 2.73. The molecule has 0 saturated heterocycles. The van der Waals surface area contributed by atoms with Crippen molar-refractivity contribution in [3.8, 4) is 0 Å². The molecule has 0 unspecified atom stereocenters. The summed E-state index contributed by atoms with van der Waals surface area (Å²) in [4.78, 5) is 0. The van der Waals surface area contributed by atoms with Crippen LogP contribution in [0.15, 0.2) is 30.3 Å². The Morgan fingerprint density at radius 1 is 1.07 bits per heavy atom. The van der Waals surface area contributed by atoms with Crippen LogP contribution < -0.4 is 0 Å². The topological polar surface area (TPSA) is 0 Å². The Kier molecular flexibility index (Phi) is 4.19. The molecule has 0 aliphatic heterocycles. The molecule has 0 aliphatic carbocycles. The molecule has 0 saturated carbocycles. The van der Waals surface area contributed by atoms with Crippen LogP contribution in [0.4, 0.5) is 0 Å². The van der Waals surface area contributed by atoms with E-state index >= 15 is 0 Å². The minimum Gasteiger partial charge on any atom is -0.0654 e. The molecule has 0 fully saturated rings. The molecule has 0 amide bonds. The molecule has 0 radical (unpaired) electrons. The Hall–Kier alpha value is -0.780. The number of rotatable bonds is 5. The molecule has 0 atom stereocenters. The van der Waals surface area contributed by atoms with Crippen LogP contribution in [0.2, 0.25) is 0 Å². The highest BCUT2D eigenvalue weighted by atomic mass is 14.2. The maximum Gasteiger partial charge on any atom is -0.0227 e. The van der Waals surface area contributed by atoms with E-state index in [1.54, 1.807) is 0 Å². The first kappa shape index (κ1) is 11.3. The van der Waals surface area contributed by atoms with E-state index in [2.05, 4.69) is 51.1 Å². The van der Waals surface area contributed by atoms with Gasteiger partial charge in [0.15, 0.2) is 0 Å². The molecular formula is C14H22. The summed E-state index contributed by atoms with van der Waals surface area (Å²) in [7, 11) is 0. The second kappa shape index (κ2) is 5.19. The van der Waals surface area contributed by atoms with Crippen LogP contribution in [-0.4, -0.2) is 0 Å². The van der Waals surface area contributed by atoms with Gasteiger partial charge in [-0.25, -0.2) is 0 Å². The molecule has 0 N–H and O–H groups in total. The average molecular weight is 190 g/mol. The molecule has 0 spiro atoms. The van der Waals surface area contributed by atoms with Gasteiger partial charge in [0, 0.05) is 0 Å². The Morgan fingerprint density at radius 2 is 1.71 bits per heavy atom. The van der Waals surface area contributed by atoms with Gasteiger partial charge in [0.25, 0.3) is 0 Å². The van der Waals surface area contributed by atoms with Crippen LogP contribution in [0, 0.1) is 5.41 Å². The van der Waals surface area contributed by atoms with Crippen LogP contribution in [0.1, 0.15) is 45.6 Å². The Labute approximate surface area is 88.4 Å². The smallest absolute Gasteiger partial charge is 0.0227 e. The first-order valence-electron chi connectivity index (χ1n) is 5.68. The summed E-state index contributed by atoms with van der Waals surface area (Å²) >= 11 is 0. The van der Waals surface area contributed by atoms with Gasteiger partial charge in [-0.1, -0.05) is 63.9 Å². The standard InChI is InChI=1S/C14H22/c1-4-5-11-14(2,3)12-13-9-7-6-8-10-13/h6-10H,4-5,11-12H2,1-3H3. The number of hydrogen-bond acceptors (Lipinski definition) is 0. The molecule has 0 heterocycles. The van der Waals surface area contributed by atoms with Crippen molar-refractivity contribution < 1.29 is 0 Å². The molecular weight excluding hydrogens is 168 g/mol. The van der Waals surface area contributed by atoms with Crippen molar-refractivity contribution in [2.45, 2.75) is 46.5 Å². The molecule has 1 aromatic rings. The van der Waals surface area contributed by atoms with Crippen molar-refractivity contribution in [2.75, 3.05) is 0 Å². The van der Waals surface area contributed by atoms with Gasteiger partial charge < -0.3 is 0 Å². The minimum atomic E-state index is 0.456. The monoisotopic (exact) mass is 190 g/mol. The van der Waals surface area contributed by atoms with Crippen molar-refractivity contribution in [1.82, 2.24) is 0 Å². The third kappa shape index (κ3) is 3.95. The van der Waals surface area contributed by atoms with Crippen molar-refractivity contribution >= 4 is 0 Å². The second-order valence-corrected chi connectivity index (χ2v) is 4.93. The lowest BCUT2D eigenvalue weighted by Crippen LogP contribution is -2.14. The lowest BCUT2D eigenvalue weighted by molar-refractivity contribution is 0.321. The van der Waals surface area contributed by atoms with E-state index in [0.29, 0.717) is 5.41 Å². The molecule has 0 aromatic heterocycles. The fourth-order valence-electron chi connectivity index (χ4n) is 1.89. The van der Waals surface area contributed by atoms with E-state index in [1.165, 1.54) is 31.2 Å². The minimum absolute atomic E-state index is 0.456. The average Bonchev–Trinajstić information content (AvgIpc) is 2.16. The van der Waals surface area contributed by atoms with Crippen LogP contribution in [-0.2, 0) is 6.42 Å². The molecule has 0 bridgehead atoms. The van der Waals surface area contributed by atoms with Crippen molar-refractivity contribution in [3.63, 3.8) is 0 Å². The zero-order chi connectivity index (χ0) is 10.4. The zero-order valence-corrected chi connectivity index (χ0v) is 9.72. The Morgan fingerprint density at radius 3 is 2.29 bits per heavy atom. The van der Waals surface area contributed by atoms with Gasteiger partial charge in [0.1, 0.15) is 0 Å². The summed E-state index contributed by atoms with van der Waals surface area (Å²) < 4.78 is 0. The Bertz CT molecular complexity index is 246. The van der Waals surface area contributed by atoms with Gasteiger partial charge in [-0.15, -0.1) is 0 Å². The van der Waals surface area contributed by atoms with E-state index in [9.17, 15) is 0 Å². The van der Waals surface area contributed by atoms with Gasteiger partial charge in [0.2, 0.25) is 0 Å². The molecule has 14 heavy (non-hydrogen) atoms. The van der Waals surface area contributed by atoms with Crippen molar-refractivity contribution in [1.29, 1.82) is 0 Å². The third-order valence-corrected chi connectivity index (χ3v) is 2.73. The molecule has 0 aliphatic rings. The van der Waals surface area contributed by atoms with E-state index in [4.69, 9.17) is 0 Å². The van der Waals surface area contributed by atoms with Gasteiger partial charge >= 0.3 is 0 Å². The fraction of sp³-hybridized carbons (Fsp3) is 0.571. The van der Waals surface area contributed by atoms with Crippen LogP contribution >= 0.6 is 0 Å². The van der Waals surface area contributed by atoms with E-state index in [1.807, 2.05) is 0 Å². The van der Waals surface area contributed by atoms with E-state index < -0.39 is 0 Å². The van der Waals surface area contributed by atoms with Crippen LogP contribution in [0.5, 0.6) is 0 Å². The predicted molar refractivity (Wildman–Crippen MR) is 63.5 cm³/mol. The normalized spacial score (nSPS) is 11.6. The van der Waals surface area contributed by atoms with Crippen LogP contribution in [0.3, 0.4) is 0 Å². The SMILES string of the molecule is CCCCC(C)(C)Cc1ccccc1. The first-order chi connectivity index (χ1) is 6.64. The lowest BCUT2D eigenvalue weighted by atomic mass is 9.81. The zero-order valence-electron chi connectivity index (χ0n) is 9.72. The fourth-order valence-corrected chi connectivity index (χ4v) is 1.89. The molecule has 1 rings (SSSR count). The summed E-state index contributed by atoms with van der Waals surface area (Å²) in [6.07, 6.45) is 5.18. The summed E-state index contributed by atoms with van der Waals surface area (Å²) in [5.41, 5.74) is 1.92. The molecule has 0 heteroatoms. The lowest BCUT2D eigenvalue weighted by Gasteiger charge is -2.24. The highest BCUT2D eigenvalue weighted by Gasteiger charge is 2.17.